The van der Waals surface area contributed by atoms with Crippen LogP contribution in [0.3, 0.4) is 0 Å². The molecular weight excluding hydrogens is 160 g/mol. The molecule has 0 saturated carbocycles. The molecular formula is C8H18O4. The normalized spacial score (nSPS) is 18.8. The summed E-state index contributed by atoms with van der Waals surface area (Å²) in [5.41, 5.74) is 0. The third-order valence-electron chi connectivity index (χ3n) is 1.89. The molecule has 0 aromatic rings. The van der Waals surface area contributed by atoms with Gasteiger partial charge < -0.3 is 19.7 Å². The zero-order valence-corrected chi connectivity index (χ0v) is 7.86. The lowest BCUT2D eigenvalue weighted by molar-refractivity contribution is -0.0604. The van der Waals surface area contributed by atoms with Crippen molar-refractivity contribution in [1.29, 1.82) is 0 Å². The van der Waals surface area contributed by atoms with Crippen molar-refractivity contribution in [3.8, 4) is 0 Å². The van der Waals surface area contributed by atoms with Crippen molar-refractivity contribution in [3.05, 3.63) is 0 Å². The second kappa shape index (κ2) is 6.37. The highest BCUT2D eigenvalue weighted by Crippen LogP contribution is 2.07. The number of ether oxygens (including phenoxy) is 2. The van der Waals surface area contributed by atoms with Crippen LogP contribution in [-0.4, -0.2) is 49.4 Å². The highest BCUT2D eigenvalue weighted by Gasteiger charge is 2.19. The topological polar surface area (TPSA) is 58.9 Å². The minimum atomic E-state index is -0.671. The van der Waals surface area contributed by atoms with Crippen LogP contribution in [0.1, 0.15) is 13.3 Å². The zero-order valence-electron chi connectivity index (χ0n) is 7.86. The number of aliphatic hydroxyl groups is 2. The molecule has 0 aromatic carbocycles. The van der Waals surface area contributed by atoms with Gasteiger partial charge in [-0.3, -0.25) is 0 Å². The molecule has 0 aromatic heterocycles. The van der Waals surface area contributed by atoms with Gasteiger partial charge in [-0.1, -0.05) is 0 Å². The van der Waals surface area contributed by atoms with Crippen LogP contribution in [0.15, 0.2) is 0 Å². The van der Waals surface area contributed by atoms with E-state index in [0.29, 0.717) is 6.42 Å². The van der Waals surface area contributed by atoms with Crippen molar-refractivity contribution in [2.24, 2.45) is 0 Å². The summed E-state index contributed by atoms with van der Waals surface area (Å²) < 4.78 is 9.81. The number of hydrogen-bond acceptors (Lipinski definition) is 4. The molecule has 0 heterocycles. The fraction of sp³-hybridized carbons (Fsp3) is 1.00. The van der Waals surface area contributed by atoms with Gasteiger partial charge in [-0.15, -0.1) is 0 Å². The molecule has 2 N–H and O–H groups in total. The summed E-state index contributed by atoms with van der Waals surface area (Å²) in [6.45, 7) is 1.68. The van der Waals surface area contributed by atoms with Crippen LogP contribution in [0, 0.1) is 0 Å². The molecule has 0 aliphatic heterocycles. The van der Waals surface area contributed by atoms with E-state index in [0.717, 1.165) is 0 Å². The maximum Gasteiger partial charge on any atom is 0.106 e. The molecule has 3 atom stereocenters. The third-order valence-corrected chi connectivity index (χ3v) is 1.89. The average molecular weight is 178 g/mol. The van der Waals surface area contributed by atoms with Gasteiger partial charge in [-0.05, 0) is 6.92 Å². The fourth-order valence-corrected chi connectivity index (χ4v) is 0.941. The van der Waals surface area contributed by atoms with Crippen molar-refractivity contribution in [3.63, 3.8) is 0 Å². The molecule has 1 unspecified atom stereocenters. The monoisotopic (exact) mass is 178 g/mol. The van der Waals surface area contributed by atoms with Gasteiger partial charge in [0.15, 0.2) is 0 Å². The van der Waals surface area contributed by atoms with E-state index in [1.165, 1.54) is 7.11 Å². The zero-order chi connectivity index (χ0) is 9.56. The molecule has 74 valence electrons. The Kier molecular flexibility index (Phi) is 6.28. The summed E-state index contributed by atoms with van der Waals surface area (Å²) in [5.74, 6) is 0. The van der Waals surface area contributed by atoms with Crippen LogP contribution in [0.4, 0.5) is 0 Å². The van der Waals surface area contributed by atoms with Gasteiger partial charge in [-0.2, -0.15) is 0 Å². The lowest BCUT2D eigenvalue weighted by Gasteiger charge is -2.21. The molecule has 0 aliphatic carbocycles. The predicted molar refractivity (Wildman–Crippen MR) is 45.0 cm³/mol. The van der Waals surface area contributed by atoms with E-state index in [1.54, 1.807) is 7.11 Å². The smallest absolute Gasteiger partial charge is 0.106 e. The third kappa shape index (κ3) is 4.01. The Morgan fingerprint density at radius 1 is 1.25 bits per heavy atom. The standard InChI is InChI=1S/C8H18O4/c1-6(11-2)4-7(10)8(5-9)12-3/h6-10H,4-5H2,1-3H3/t6-,7?,8+/m1/s1. The first kappa shape index (κ1) is 11.8. The average Bonchev–Trinajstić information content (AvgIpc) is 2.06. The van der Waals surface area contributed by atoms with E-state index in [-0.39, 0.29) is 12.7 Å². The van der Waals surface area contributed by atoms with E-state index >= 15 is 0 Å². The maximum absolute atomic E-state index is 9.45. The molecule has 0 fully saturated rings. The Balaban J connectivity index is 3.75. The highest BCUT2D eigenvalue weighted by molar-refractivity contribution is 4.70. The lowest BCUT2D eigenvalue weighted by Crippen LogP contribution is -2.34. The quantitative estimate of drug-likeness (QED) is 0.590. The molecule has 0 bridgehead atoms. The van der Waals surface area contributed by atoms with Gasteiger partial charge in [0, 0.05) is 20.6 Å². The Bertz CT molecular complexity index is 103. The van der Waals surface area contributed by atoms with Crippen molar-refractivity contribution in [2.45, 2.75) is 31.7 Å². The number of hydrogen-bond donors (Lipinski definition) is 2. The number of aliphatic hydroxyl groups excluding tert-OH is 2. The molecule has 4 nitrogen and oxygen atoms in total. The summed E-state index contributed by atoms with van der Waals surface area (Å²) in [7, 11) is 3.04. The van der Waals surface area contributed by atoms with Gasteiger partial charge >= 0.3 is 0 Å². The van der Waals surface area contributed by atoms with Crippen LogP contribution in [-0.2, 0) is 9.47 Å². The lowest BCUT2D eigenvalue weighted by atomic mass is 10.1. The first-order chi connectivity index (χ1) is 5.65. The van der Waals surface area contributed by atoms with Crippen molar-refractivity contribution in [2.75, 3.05) is 20.8 Å². The van der Waals surface area contributed by atoms with Crippen molar-refractivity contribution in [1.82, 2.24) is 0 Å². The van der Waals surface area contributed by atoms with Crippen LogP contribution in [0.25, 0.3) is 0 Å². The molecule has 4 heteroatoms. The first-order valence-corrected chi connectivity index (χ1v) is 4.00. The molecule has 12 heavy (non-hydrogen) atoms. The highest BCUT2D eigenvalue weighted by atomic mass is 16.5. The van der Waals surface area contributed by atoms with Gasteiger partial charge in [0.1, 0.15) is 6.10 Å². The van der Waals surface area contributed by atoms with Crippen molar-refractivity contribution < 1.29 is 19.7 Å². The van der Waals surface area contributed by atoms with E-state index in [4.69, 9.17) is 14.6 Å². The van der Waals surface area contributed by atoms with Crippen LogP contribution < -0.4 is 0 Å². The molecule has 0 radical (unpaired) electrons. The summed E-state index contributed by atoms with van der Waals surface area (Å²) in [5, 5.41) is 18.2. The largest absolute Gasteiger partial charge is 0.394 e. The van der Waals surface area contributed by atoms with Crippen molar-refractivity contribution >= 4 is 0 Å². The van der Waals surface area contributed by atoms with Crippen LogP contribution >= 0.6 is 0 Å². The Labute approximate surface area is 73.1 Å². The molecule has 0 amide bonds. The number of methoxy groups -OCH3 is 2. The second-order valence-electron chi connectivity index (χ2n) is 2.81. The van der Waals surface area contributed by atoms with E-state index in [2.05, 4.69) is 0 Å². The SMILES string of the molecule is CO[C@H](C)CC(O)[C@H](CO)OC. The molecule has 0 saturated heterocycles. The molecule has 0 spiro atoms. The number of rotatable bonds is 6. The summed E-state index contributed by atoms with van der Waals surface area (Å²) in [6.07, 6.45) is -0.739. The summed E-state index contributed by atoms with van der Waals surface area (Å²) in [4.78, 5) is 0. The summed E-state index contributed by atoms with van der Waals surface area (Å²) >= 11 is 0. The van der Waals surface area contributed by atoms with Crippen LogP contribution in [0.2, 0.25) is 0 Å². The van der Waals surface area contributed by atoms with E-state index < -0.39 is 12.2 Å². The Morgan fingerprint density at radius 3 is 2.17 bits per heavy atom. The van der Waals surface area contributed by atoms with Gasteiger partial charge in [-0.25, -0.2) is 0 Å². The minimum absolute atomic E-state index is 0.0239. The minimum Gasteiger partial charge on any atom is -0.394 e. The second-order valence-corrected chi connectivity index (χ2v) is 2.81. The van der Waals surface area contributed by atoms with Gasteiger partial charge in [0.25, 0.3) is 0 Å². The van der Waals surface area contributed by atoms with Gasteiger partial charge in [0.05, 0.1) is 18.8 Å². The van der Waals surface area contributed by atoms with E-state index in [9.17, 15) is 5.11 Å². The van der Waals surface area contributed by atoms with E-state index in [1.807, 2.05) is 6.92 Å². The van der Waals surface area contributed by atoms with Crippen LogP contribution in [0.5, 0.6) is 0 Å². The summed E-state index contributed by atoms with van der Waals surface area (Å²) in [6, 6.07) is 0. The predicted octanol–water partition coefficient (Wildman–Crippen LogP) is -0.220. The maximum atomic E-state index is 9.45. The first-order valence-electron chi connectivity index (χ1n) is 4.00. The fourth-order valence-electron chi connectivity index (χ4n) is 0.941. The van der Waals surface area contributed by atoms with Gasteiger partial charge in [0.2, 0.25) is 0 Å². The Hall–Kier alpha value is -0.160. The molecule has 0 aliphatic rings. The Morgan fingerprint density at radius 2 is 1.83 bits per heavy atom. The molecule has 0 rings (SSSR count).